The topological polar surface area (TPSA) is 46.3 Å². The molecule has 0 unspecified atom stereocenters. The van der Waals surface area contributed by atoms with Crippen molar-refractivity contribution in [2.75, 3.05) is 20.1 Å². The third kappa shape index (κ3) is 3.91. The van der Waals surface area contributed by atoms with Crippen LogP contribution in [-0.2, 0) is 10.2 Å². The van der Waals surface area contributed by atoms with E-state index in [0.29, 0.717) is 18.1 Å². The van der Waals surface area contributed by atoms with Crippen LogP contribution < -0.4 is 5.73 Å². The van der Waals surface area contributed by atoms with Gasteiger partial charge in [0.15, 0.2) is 0 Å². The molecular weight excluding hydrogens is 307 g/mol. The molecule has 5 heteroatoms. The highest BCUT2D eigenvalue weighted by molar-refractivity contribution is 6.30. The first-order valence-electron chi connectivity index (χ1n) is 7.02. The van der Waals surface area contributed by atoms with Crippen LogP contribution in [0.4, 0.5) is 0 Å². The maximum Gasteiger partial charge on any atom is 0.232 e. The second-order valence-electron chi connectivity index (χ2n) is 6.62. The minimum Gasteiger partial charge on any atom is -0.344 e. The van der Waals surface area contributed by atoms with Crippen LogP contribution in [0.5, 0.6) is 0 Å². The van der Waals surface area contributed by atoms with Gasteiger partial charge in [-0.2, -0.15) is 0 Å². The predicted octanol–water partition coefficient (Wildman–Crippen LogP) is 3.24. The zero-order chi connectivity index (χ0) is 15.0. The maximum atomic E-state index is 12.8. The maximum absolute atomic E-state index is 12.8. The van der Waals surface area contributed by atoms with Crippen molar-refractivity contribution in [3.05, 3.63) is 34.9 Å². The number of benzene rings is 1. The van der Waals surface area contributed by atoms with Gasteiger partial charge in [0.25, 0.3) is 0 Å². The normalized spacial score (nSPS) is 16.0. The zero-order valence-electron chi connectivity index (χ0n) is 12.9. The van der Waals surface area contributed by atoms with E-state index in [1.54, 1.807) is 0 Å². The van der Waals surface area contributed by atoms with Crippen LogP contribution in [0.3, 0.4) is 0 Å². The van der Waals surface area contributed by atoms with Gasteiger partial charge in [0.2, 0.25) is 5.91 Å². The lowest BCUT2D eigenvalue weighted by Gasteiger charge is -2.31. The smallest absolute Gasteiger partial charge is 0.232 e. The van der Waals surface area contributed by atoms with E-state index in [-0.39, 0.29) is 29.1 Å². The number of carbonyl (C=O) groups excluding carboxylic acids is 1. The number of hydrogen-bond donors (Lipinski definition) is 1. The van der Waals surface area contributed by atoms with Gasteiger partial charge in [-0.1, -0.05) is 37.6 Å². The van der Waals surface area contributed by atoms with Crippen LogP contribution in [-0.4, -0.2) is 30.9 Å². The second-order valence-corrected chi connectivity index (χ2v) is 7.05. The summed E-state index contributed by atoms with van der Waals surface area (Å²) >= 11 is 5.92. The first-order valence-corrected chi connectivity index (χ1v) is 7.40. The lowest BCUT2D eigenvalue weighted by Crippen LogP contribution is -2.44. The van der Waals surface area contributed by atoms with Crippen molar-refractivity contribution in [2.24, 2.45) is 11.1 Å². The fourth-order valence-corrected chi connectivity index (χ4v) is 2.79. The molecule has 0 aromatic heterocycles. The van der Waals surface area contributed by atoms with Crippen LogP contribution in [0, 0.1) is 5.41 Å². The van der Waals surface area contributed by atoms with E-state index in [4.69, 9.17) is 17.3 Å². The van der Waals surface area contributed by atoms with E-state index in [0.717, 1.165) is 18.4 Å². The molecule has 1 saturated carbocycles. The van der Waals surface area contributed by atoms with Gasteiger partial charge in [-0.15, -0.1) is 12.4 Å². The summed E-state index contributed by atoms with van der Waals surface area (Å²) in [5.74, 6) is 0.196. The molecule has 21 heavy (non-hydrogen) atoms. The van der Waals surface area contributed by atoms with Gasteiger partial charge >= 0.3 is 0 Å². The molecule has 2 N–H and O–H groups in total. The Kier molecular flexibility index (Phi) is 5.70. The van der Waals surface area contributed by atoms with Crippen molar-refractivity contribution in [1.29, 1.82) is 0 Å². The molecule has 0 radical (unpaired) electrons. The average Bonchev–Trinajstić information content (AvgIpc) is 3.19. The highest BCUT2D eigenvalue weighted by Gasteiger charge is 2.52. The SMILES string of the molecule is CN(CC(C)(C)CN)C(=O)C1(c2ccc(Cl)cc2)CC1.Cl. The molecule has 1 amide bonds. The minimum atomic E-state index is -0.329. The van der Waals surface area contributed by atoms with Gasteiger partial charge in [-0.05, 0) is 42.5 Å². The van der Waals surface area contributed by atoms with Crippen LogP contribution in [0.2, 0.25) is 5.02 Å². The molecule has 0 spiro atoms. The van der Waals surface area contributed by atoms with E-state index in [1.807, 2.05) is 36.2 Å². The second kappa shape index (κ2) is 6.55. The monoisotopic (exact) mass is 330 g/mol. The fourth-order valence-electron chi connectivity index (χ4n) is 2.66. The summed E-state index contributed by atoms with van der Waals surface area (Å²) in [6.07, 6.45) is 1.84. The Labute approximate surface area is 138 Å². The third-order valence-electron chi connectivity index (χ3n) is 4.12. The van der Waals surface area contributed by atoms with E-state index in [9.17, 15) is 4.79 Å². The number of amides is 1. The Morgan fingerprint density at radius 3 is 2.29 bits per heavy atom. The molecule has 0 atom stereocenters. The van der Waals surface area contributed by atoms with Gasteiger partial charge in [-0.3, -0.25) is 4.79 Å². The molecule has 1 aliphatic carbocycles. The largest absolute Gasteiger partial charge is 0.344 e. The molecular formula is C16H24Cl2N2O. The molecule has 118 valence electrons. The summed E-state index contributed by atoms with van der Waals surface area (Å²) in [6.45, 7) is 5.41. The van der Waals surface area contributed by atoms with E-state index in [1.165, 1.54) is 0 Å². The third-order valence-corrected chi connectivity index (χ3v) is 4.37. The molecule has 1 aliphatic rings. The lowest BCUT2D eigenvalue weighted by atomic mass is 9.90. The molecule has 1 aromatic rings. The molecule has 0 bridgehead atoms. The Bertz CT molecular complexity index is 496. The molecule has 0 aliphatic heterocycles. The number of nitrogens with zero attached hydrogens (tertiary/aromatic N) is 1. The quantitative estimate of drug-likeness (QED) is 0.900. The van der Waals surface area contributed by atoms with Gasteiger partial charge in [0.05, 0.1) is 5.41 Å². The Hall–Kier alpha value is -0.770. The molecule has 0 saturated heterocycles. The highest BCUT2D eigenvalue weighted by atomic mass is 35.5. The van der Waals surface area contributed by atoms with Gasteiger partial charge in [0.1, 0.15) is 0 Å². The lowest BCUT2D eigenvalue weighted by molar-refractivity contribution is -0.133. The predicted molar refractivity (Wildman–Crippen MR) is 90.1 cm³/mol. The summed E-state index contributed by atoms with van der Waals surface area (Å²) in [4.78, 5) is 14.6. The van der Waals surface area contributed by atoms with Crippen molar-refractivity contribution in [3.8, 4) is 0 Å². The van der Waals surface area contributed by atoms with E-state index < -0.39 is 0 Å². The Morgan fingerprint density at radius 1 is 1.33 bits per heavy atom. The molecule has 2 rings (SSSR count). The number of carbonyl (C=O) groups is 1. The van der Waals surface area contributed by atoms with Crippen molar-refractivity contribution < 1.29 is 4.79 Å². The van der Waals surface area contributed by atoms with Crippen LogP contribution >= 0.6 is 24.0 Å². The first-order chi connectivity index (χ1) is 9.31. The Morgan fingerprint density at radius 2 is 1.86 bits per heavy atom. The highest BCUT2D eigenvalue weighted by Crippen LogP contribution is 2.49. The van der Waals surface area contributed by atoms with Crippen molar-refractivity contribution in [2.45, 2.75) is 32.1 Å². The summed E-state index contributed by atoms with van der Waals surface area (Å²) in [5, 5.41) is 0.703. The summed E-state index contributed by atoms with van der Waals surface area (Å²) in [6, 6.07) is 7.65. The molecule has 3 nitrogen and oxygen atoms in total. The summed E-state index contributed by atoms with van der Waals surface area (Å²) in [5.41, 5.74) is 6.44. The number of halogens is 2. The number of likely N-dealkylation sites (N-methyl/N-ethyl adjacent to an activating group) is 1. The van der Waals surface area contributed by atoms with Crippen molar-refractivity contribution >= 4 is 29.9 Å². The minimum absolute atomic E-state index is 0. The summed E-state index contributed by atoms with van der Waals surface area (Å²) < 4.78 is 0. The van der Waals surface area contributed by atoms with E-state index >= 15 is 0 Å². The number of hydrogen-bond acceptors (Lipinski definition) is 2. The fraction of sp³-hybridized carbons (Fsp3) is 0.562. The summed E-state index contributed by atoms with van der Waals surface area (Å²) in [7, 11) is 1.87. The van der Waals surface area contributed by atoms with Crippen LogP contribution in [0.25, 0.3) is 0 Å². The Balaban J connectivity index is 0.00000220. The number of nitrogens with two attached hydrogens (primary N) is 1. The molecule has 1 aromatic carbocycles. The number of rotatable bonds is 5. The van der Waals surface area contributed by atoms with Crippen molar-refractivity contribution in [1.82, 2.24) is 4.90 Å². The van der Waals surface area contributed by atoms with E-state index in [2.05, 4.69) is 13.8 Å². The van der Waals surface area contributed by atoms with Crippen LogP contribution in [0.15, 0.2) is 24.3 Å². The first kappa shape index (κ1) is 18.3. The van der Waals surface area contributed by atoms with Crippen molar-refractivity contribution in [3.63, 3.8) is 0 Å². The van der Waals surface area contributed by atoms with Crippen LogP contribution in [0.1, 0.15) is 32.3 Å². The van der Waals surface area contributed by atoms with Gasteiger partial charge < -0.3 is 10.6 Å². The van der Waals surface area contributed by atoms with Gasteiger partial charge in [0, 0.05) is 18.6 Å². The van der Waals surface area contributed by atoms with Gasteiger partial charge in [-0.25, -0.2) is 0 Å². The standard InChI is InChI=1S/C16H23ClN2O.ClH/c1-15(2,10-18)11-19(3)14(20)16(8-9-16)12-4-6-13(17)7-5-12;/h4-7H,8-11,18H2,1-3H3;1H. The average molecular weight is 331 g/mol. The molecule has 1 fully saturated rings. The zero-order valence-corrected chi connectivity index (χ0v) is 14.4. The molecule has 0 heterocycles.